The average molecular weight is 286 g/mol. The Balaban J connectivity index is 2.34. The summed E-state index contributed by atoms with van der Waals surface area (Å²) < 4.78 is 57.2. The summed E-state index contributed by atoms with van der Waals surface area (Å²) in [6.45, 7) is 0. The minimum Gasteiger partial charge on any atom is -0.471 e. The fourth-order valence-electron chi connectivity index (χ4n) is 1.57. The Morgan fingerprint density at radius 2 is 1.90 bits per heavy atom. The second kappa shape index (κ2) is 5.36. The number of ether oxygens (including phenoxy) is 1. The van der Waals surface area contributed by atoms with Crippen molar-refractivity contribution >= 4 is 5.69 Å². The molecule has 1 aromatic carbocycles. The van der Waals surface area contributed by atoms with E-state index < -0.39 is 23.8 Å². The number of benzene rings is 1. The molecule has 1 atom stereocenters. The van der Waals surface area contributed by atoms with Crippen LogP contribution in [-0.2, 0) is 0 Å². The monoisotopic (exact) mass is 286 g/mol. The number of rotatable bonds is 3. The summed E-state index contributed by atoms with van der Waals surface area (Å²) in [4.78, 5) is 3.60. The molecule has 0 amide bonds. The highest BCUT2D eigenvalue weighted by atomic mass is 19.4. The van der Waals surface area contributed by atoms with Gasteiger partial charge in [-0.2, -0.15) is 13.2 Å². The van der Waals surface area contributed by atoms with Crippen molar-refractivity contribution in [3.63, 3.8) is 0 Å². The second-order valence-corrected chi connectivity index (χ2v) is 3.98. The van der Waals surface area contributed by atoms with E-state index in [2.05, 4.69) is 4.98 Å². The zero-order valence-electron chi connectivity index (χ0n) is 10.1. The van der Waals surface area contributed by atoms with E-state index in [1.54, 1.807) is 0 Å². The van der Waals surface area contributed by atoms with Crippen LogP contribution in [0, 0.1) is 5.82 Å². The summed E-state index contributed by atoms with van der Waals surface area (Å²) in [5.41, 5.74) is 5.07. The molecule has 0 bridgehead atoms. The molecule has 1 aromatic heterocycles. The lowest BCUT2D eigenvalue weighted by Crippen LogP contribution is -2.27. The number of hydrogen-bond acceptors (Lipinski definition) is 3. The molecule has 0 saturated carbocycles. The quantitative estimate of drug-likeness (QED) is 0.694. The summed E-state index contributed by atoms with van der Waals surface area (Å²) in [6.07, 6.45) is -5.86. The molecule has 0 aliphatic carbocycles. The Labute approximate surface area is 112 Å². The van der Waals surface area contributed by atoms with Crippen molar-refractivity contribution < 1.29 is 22.3 Å². The van der Waals surface area contributed by atoms with Gasteiger partial charge in [-0.25, -0.2) is 4.39 Å². The lowest BCUT2D eigenvalue weighted by molar-refractivity contribution is -0.199. The second-order valence-electron chi connectivity index (χ2n) is 3.98. The molecule has 3 nitrogen and oxygen atoms in total. The fourth-order valence-corrected chi connectivity index (χ4v) is 1.57. The topological polar surface area (TPSA) is 48.1 Å². The smallest absolute Gasteiger partial charge is 0.431 e. The molecule has 0 spiro atoms. The fraction of sp³-hybridized carbons (Fsp3) is 0.154. The van der Waals surface area contributed by atoms with E-state index in [1.165, 1.54) is 24.4 Å². The lowest BCUT2D eigenvalue weighted by Gasteiger charge is -2.21. The molecule has 0 aliphatic heterocycles. The summed E-state index contributed by atoms with van der Waals surface area (Å²) in [6, 6.07) is 7.22. The Hall–Kier alpha value is -2.31. The van der Waals surface area contributed by atoms with Crippen molar-refractivity contribution in [3.8, 4) is 5.75 Å². The first-order chi connectivity index (χ1) is 9.38. The van der Waals surface area contributed by atoms with Gasteiger partial charge in [0, 0.05) is 18.0 Å². The predicted molar refractivity (Wildman–Crippen MR) is 64.5 cm³/mol. The molecule has 0 aliphatic rings. The van der Waals surface area contributed by atoms with E-state index in [9.17, 15) is 17.6 Å². The van der Waals surface area contributed by atoms with Gasteiger partial charge in [-0.05, 0) is 24.3 Å². The van der Waals surface area contributed by atoms with Crippen molar-refractivity contribution in [1.29, 1.82) is 0 Å². The van der Waals surface area contributed by atoms with E-state index in [4.69, 9.17) is 10.5 Å². The number of nitrogens with two attached hydrogens (primary N) is 1. The molecule has 106 valence electrons. The summed E-state index contributed by atoms with van der Waals surface area (Å²) in [5, 5.41) is 0. The molecule has 2 rings (SSSR count). The van der Waals surface area contributed by atoms with E-state index in [0.29, 0.717) is 0 Å². The van der Waals surface area contributed by atoms with Gasteiger partial charge in [-0.1, -0.05) is 6.07 Å². The molecule has 0 saturated heterocycles. The van der Waals surface area contributed by atoms with Crippen LogP contribution in [-0.4, -0.2) is 11.2 Å². The molecule has 0 radical (unpaired) electrons. The van der Waals surface area contributed by atoms with E-state index >= 15 is 0 Å². The van der Waals surface area contributed by atoms with Gasteiger partial charge in [0.25, 0.3) is 0 Å². The summed E-state index contributed by atoms with van der Waals surface area (Å²) in [7, 11) is 0. The molecule has 2 N–H and O–H groups in total. The zero-order chi connectivity index (χ0) is 14.8. The van der Waals surface area contributed by atoms with Crippen LogP contribution < -0.4 is 10.5 Å². The van der Waals surface area contributed by atoms with Crippen LogP contribution in [0.2, 0.25) is 0 Å². The first-order valence-corrected chi connectivity index (χ1v) is 5.57. The van der Waals surface area contributed by atoms with E-state index in [0.717, 1.165) is 18.2 Å². The van der Waals surface area contributed by atoms with Crippen LogP contribution in [0.3, 0.4) is 0 Å². The van der Waals surface area contributed by atoms with Gasteiger partial charge < -0.3 is 10.5 Å². The zero-order valence-corrected chi connectivity index (χ0v) is 10.1. The van der Waals surface area contributed by atoms with Crippen molar-refractivity contribution in [2.24, 2.45) is 0 Å². The molecule has 1 heterocycles. The maximum atomic E-state index is 13.5. The number of halogens is 4. The van der Waals surface area contributed by atoms with Crippen molar-refractivity contribution in [2.45, 2.75) is 12.3 Å². The molecular weight excluding hydrogens is 276 g/mol. The highest BCUT2D eigenvalue weighted by molar-refractivity contribution is 5.43. The van der Waals surface area contributed by atoms with Crippen molar-refractivity contribution in [2.75, 3.05) is 5.73 Å². The van der Waals surface area contributed by atoms with Crippen LogP contribution in [0.25, 0.3) is 0 Å². The Morgan fingerprint density at radius 1 is 1.15 bits per heavy atom. The van der Waals surface area contributed by atoms with Gasteiger partial charge >= 0.3 is 6.18 Å². The Morgan fingerprint density at radius 3 is 2.45 bits per heavy atom. The number of hydrogen-bond donors (Lipinski definition) is 1. The predicted octanol–water partition coefficient (Wildman–Crippen LogP) is 3.49. The van der Waals surface area contributed by atoms with E-state index in [1.807, 2.05) is 0 Å². The van der Waals surface area contributed by atoms with Crippen molar-refractivity contribution in [1.82, 2.24) is 4.98 Å². The molecule has 0 fully saturated rings. The first kappa shape index (κ1) is 14.1. The lowest BCUT2D eigenvalue weighted by atomic mass is 10.2. The van der Waals surface area contributed by atoms with Gasteiger partial charge in [-0.3, -0.25) is 4.98 Å². The molecular formula is C13H10F4N2O. The van der Waals surface area contributed by atoms with Gasteiger partial charge in [0.1, 0.15) is 0 Å². The molecule has 2 aromatic rings. The summed E-state index contributed by atoms with van der Waals surface area (Å²) in [5.74, 6) is -1.50. The SMILES string of the molecule is Nc1ccc(OC(c2ccccn2)C(F)(F)F)c(F)c1. The number of pyridine rings is 1. The summed E-state index contributed by atoms with van der Waals surface area (Å²) >= 11 is 0. The van der Waals surface area contributed by atoms with Gasteiger partial charge in [-0.15, -0.1) is 0 Å². The third-order valence-corrected chi connectivity index (χ3v) is 2.45. The van der Waals surface area contributed by atoms with Crippen LogP contribution in [0.15, 0.2) is 42.6 Å². The minimum atomic E-state index is -4.72. The highest BCUT2D eigenvalue weighted by Crippen LogP contribution is 2.36. The first-order valence-electron chi connectivity index (χ1n) is 5.57. The van der Waals surface area contributed by atoms with Crippen LogP contribution in [0.4, 0.5) is 23.2 Å². The Bertz CT molecular complexity index is 587. The standard InChI is InChI=1S/C13H10F4N2O/c14-9-7-8(18)4-5-11(9)20-12(13(15,16)17)10-3-1-2-6-19-10/h1-7,12H,18H2. The number of alkyl halides is 3. The normalized spacial score (nSPS) is 13.0. The van der Waals surface area contributed by atoms with Crippen molar-refractivity contribution in [3.05, 3.63) is 54.1 Å². The third kappa shape index (κ3) is 3.17. The van der Waals surface area contributed by atoms with E-state index in [-0.39, 0.29) is 11.4 Å². The minimum absolute atomic E-state index is 0.0937. The van der Waals surface area contributed by atoms with Crippen LogP contribution >= 0.6 is 0 Å². The number of anilines is 1. The Kier molecular flexibility index (Phi) is 3.78. The van der Waals surface area contributed by atoms with Crippen LogP contribution in [0.5, 0.6) is 5.75 Å². The maximum absolute atomic E-state index is 13.5. The van der Waals surface area contributed by atoms with Gasteiger partial charge in [0.05, 0.1) is 5.69 Å². The number of aromatic nitrogens is 1. The maximum Gasteiger partial charge on any atom is 0.431 e. The van der Waals surface area contributed by atoms with Crippen LogP contribution in [0.1, 0.15) is 11.8 Å². The molecule has 20 heavy (non-hydrogen) atoms. The average Bonchev–Trinajstić information content (AvgIpc) is 2.37. The third-order valence-electron chi connectivity index (χ3n) is 2.45. The molecule has 7 heteroatoms. The number of nitrogen functional groups attached to an aromatic ring is 1. The highest BCUT2D eigenvalue weighted by Gasteiger charge is 2.44. The van der Waals surface area contributed by atoms with Gasteiger partial charge in [0.15, 0.2) is 11.6 Å². The van der Waals surface area contributed by atoms with Gasteiger partial charge in [0.2, 0.25) is 6.10 Å². The largest absolute Gasteiger partial charge is 0.471 e. The number of nitrogens with zero attached hydrogens (tertiary/aromatic N) is 1. The molecule has 1 unspecified atom stereocenters.